The fourth-order valence-electron chi connectivity index (χ4n) is 12.3. The van der Waals surface area contributed by atoms with E-state index in [0.717, 1.165) is 283 Å². The van der Waals surface area contributed by atoms with Gasteiger partial charge in [-0.15, -0.1) is 0 Å². The van der Waals surface area contributed by atoms with Crippen molar-refractivity contribution in [2.75, 3.05) is 54.5 Å². The average molecular weight is 1410 g/mol. The highest BCUT2D eigenvalue weighted by atomic mass is 16.6. The molecule has 0 fully saturated rings. The largest absolute Gasteiger partial charge is 0.466 e. The van der Waals surface area contributed by atoms with E-state index >= 15 is 0 Å². The summed E-state index contributed by atoms with van der Waals surface area (Å²) in [5.74, 6) is -0.966. The zero-order valence-corrected chi connectivity index (χ0v) is 66.1. The van der Waals surface area contributed by atoms with E-state index in [9.17, 15) is 28.8 Å². The molecular weight excluding hydrogens is 1250 g/mol. The summed E-state index contributed by atoms with van der Waals surface area (Å²) in [6.07, 6.45) is 70.3. The molecule has 0 aliphatic heterocycles. The lowest BCUT2D eigenvalue weighted by Crippen LogP contribution is -2.21. The van der Waals surface area contributed by atoms with Crippen molar-refractivity contribution >= 4 is 35.8 Å². The summed E-state index contributed by atoms with van der Waals surface area (Å²) in [7, 11) is 8.10. The number of esters is 6. The van der Waals surface area contributed by atoms with Gasteiger partial charge in [0.1, 0.15) is 24.4 Å². The molecule has 0 spiro atoms. The molecule has 0 bridgehead atoms. The van der Waals surface area contributed by atoms with Gasteiger partial charge in [-0.05, 0) is 169 Å². The van der Waals surface area contributed by atoms with Gasteiger partial charge in [-0.2, -0.15) is 0 Å². The van der Waals surface area contributed by atoms with Gasteiger partial charge in [-0.1, -0.05) is 230 Å². The third-order valence-corrected chi connectivity index (χ3v) is 18.5. The number of carbonyl (C=O) groups is 6. The molecule has 0 aromatic rings. The Labute approximate surface area is 614 Å². The molecular formula is C86H156N2O12. The zero-order chi connectivity index (χ0) is 73.3. The van der Waals surface area contributed by atoms with Gasteiger partial charge in [0.15, 0.2) is 0 Å². The molecule has 582 valence electrons. The highest BCUT2D eigenvalue weighted by molar-refractivity contribution is 5.78. The Morgan fingerprint density at radius 1 is 0.250 bits per heavy atom. The molecule has 0 N–H and O–H groups in total. The molecule has 0 aliphatic rings. The monoisotopic (exact) mass is 1410 g/mol. The second-order valence-corrected chi connectivity index (χ2v) is 29.2. The van der Waals surface area contributed by atoms with Crippen LogP contribution in [0.15, 0.2) is 48.6 Å². The van der Waals surface area contributed by atoms with Crippen LogP contribution >= 0.6 is 0 Å². The van der Waals surface area contributed by atoms with Crippen molar-refractivity contribution in [1.82, 2.24) is 9.80 Å². The van der Waals surface area contributed by atoms with Crippen LogP contribution in [0, 0.1) is 0 Å². The normalized spacial score (nSPS) is 13.1. The summed E-state index contributed by atoms with van der Waals surface area (Å²) in [4.78, 5) is 80.4. The Morgan fingerprint density at radius 3 is 0.720 bits per heavy atom. The number of hydrogen-bond acceptors (Lipinski definition) is 14. The molecule has 0 heterocycles. The van der Waals surface area contributed by atoms with Gasteiger partial charge in [-0.25, -0.2) is 0 Å². The first-order chi connectivity index (χ1) is 48.7. The van der Waals surface area contributed by atoms with E-state index in [1.807, 2.05) is 28.2 Å². The molecule has 4 atom stereocenters. The van der Waals surface area contributed by atoms with E-state index in [1.165, 1.54) is 38.5 Å². The maximum atomic E-state index is 13.2. The van der Waals surface area contributed by atoms with Crippen LogP contribution in [0.25, 0.3) is 0 Å². The molecule has 14 nitrogen and oxygen atoms in total. The fourth-order valence-corrected chi connectivity index (χ4v) is 12.3. The first kappa shape index (κ1) is 95.7. The number of rotatable bonds is 75. The lowest BCUT2D eigenvalue weighted by atomic mass is 10.0. The summed E-state index contributed by atoms with van der Waals surface area (Å²) >= 11 is 0. The van der Waals surface area contributed by atoms with E-state index in [2.05, 4.69) is 86.1 Å². The molecule has 0 saturated heterocycles. The standard InChI is InChI=1S/C86H156N2O12/c1-9-13-17-45-59-77(63-49-37-29-21-25-33-41-53-67-81(89)95-75-57-73-87(5)6)97-83(91)69-55-43-35-27-23-31-39-51-65-79(61-47-19-15-11-3)99-85(93)71-72-86(94)100-80(62-48-20-16-12-4)66-52-40-32-24-28-36-44-56-70-84(92)98-78(60-46-18-14-10-2)64-50-38-30-22-26-34-42-54-68-82(90)96-76-58-74-88(7)8/h37-40,49-52,77-80H,9-36,41-48,53-76H2,1-8H3/b49-37+,50-38+,51-39+,52-40+. The van der Waals surface area contributed by atoms with Crippen molar-refractivity contribution in [2.24, 2.45) is 0 Å². The molecule has 0 aromatic heterocycles. The van der Waals surface area contributed by atoms with E-state index in [4.69, 9.17) is 28.4 Å². The van der Waals surface area contributed by atoms with Gasteiger partial charge in [-0.3, -0.25) is 28.8 Å². The minimum Gasteiger partial charge on any atom is -0.466 e. The number of ether oxygens (including phenoxy) is 6. The highest BCUT2D eigenvalue weighted by Crippen LogP contribution is 2.21. The van der Waals surface area contributed by atoms with Crippen molar-refractivity contribution in [2.45, 2.75) is 412 Å². The Morgan fingerprint density at radius 2 is 0.470 bits per heavy atom. The predicted molar refractivity (Wildman–Crippen MR) is 416 cm³/mol. The molecule has 0 amide bonds. The molecule has 14 heteroatoms. The molecule has 0 rings (SSSR count). The Hall–Kier alpha value is -4.30. The maximum absolute atomic E-state index is 13.2. The Bertz CT molecular complexity index is 1880. The Balaban J connectivity index is 4.71. The average Bonchev–Trinajstić information content (AvgIpc) is 1.47. The van der Waals surface area contributed by atoms with Crippen LogP contribution in [0.3, 0.4) is 0 Å². The number of carbonyl (C=O) groups excluding carboxylic acids is 6. The molecule has 0 aliphatic carbocycles. The summed E-state index contributed by atoms with van der Waals surface area (Å²) < 4.78 is 34.8. The molecule has 0 radical (unpaired) electrons. The maximum Gasteiger partial charge on any atom is 0.306 e. The summed E-state index contributed by atoms with van der Waals surface area (Å²) in [5, 5.41) is 0. The minimum absolute atomic E-state index is 0.0210. The topological polar surface area (TPSA) is 164 Å². The Kier molecular flexibility index (Phi) is 71.2. The second kappa shape index (κ2) is 74.4. The van der Waals surface area contributed by atoms with Gasteiger partial charge < -0.3 is 38.2 Å². The van der Waals surface area contributed by atoms with Crippen LogP contribution < -0.4 is 0 Å². The SMILES string of the molecule is CCCCCCC(C/C=C/CCCCCCCC(=O)OCCCN(C)C)OC(=O)CCCCCCC/C=C/CC(CCCCCC)OC(=O)CCC(=O)OC(C/C=C/CCCCCCCC(=O)OC(C/C=C/CCCCCCCC(=O)OCCCN(C)C)CCCCCC)CCCCCC. The summed E-state index contributed by atoms with van der Waals surface area (Å²) in [6.45, 7) is 11.7. The second-order valence-electron chi connectivity index (χ2n) is 29.2. The van der Waals surface area contributed by atoms with E-state index in [-0.39, 0.29) is 73.1 Å². The van der Waals surface area contributed by atoms with Gasteiger partial charge >= 0.3 is 35.8 Å². The van der Waals surface area contributed by atoms with Crippen LogP contribution in [0.4, 0.5) is 0 Å². The van der Waals surface area contributed by atoms with Crippen molar-refractivity contribution in [3.8, 4) is 0 Å². The smallest absolute Gasteiger partial charge is 0.306 e. The predicted octanol–water partition coefficient (Wildman–Crippen LogP) is 23.0. The van der Waals surface area contributed by atoms with Crippen LogP contribution in [0.5, 0.6) is 0 Å². The summed E-state index contributed by atoms with van der Waals surface area (Å²) in [6, 6.07) is 0. The molecule has 0 aromatic carbocycles. The van der Waals surface area contributed by atoms with Crippen LogP contribution in [-0.2, 0) is 57.2 Å². The van der Waals surface area contributed by atoms with Gasteiger partial charge in [0.05, 0.1) is 26.1 Å². The van der Waals surface area contributed by atoms with Gasteiger partial charge in [0.25, 0.3) is 0 Å². The zero-order valence-electron chi connectivity index (χ0n) is 66.1. The van der Waals surface area contributed by atoms with Crippen LogP contribution in [-0.4, -0.2) is 125 Å². The fraction of sp³-hybridized carbons (Fsp3) is 0.837. The lowest BCUT2D eigenvalue weighted by molar-refractivity contribution is -0.156. The van der Waals surface area contributed by atoms with Crippen LogP contribution in [0.1, 0.15) is 387 Å². The lowest BCUT2D eigenvalue weighted by Gasteiger charge is -2.18. The van der Waals surface area contributed by atoms with E-state index < -0.39 is 0 Å². The molecule has 0 saturated carbocycles. The molecule has 4 unspecified atom stereocenters. The van der Waals surface area contributed by atoms with Gasteiger partial charge in [0, 0.05) is 64.5 Å². The van der Waals surface area contributed by atoms with Crippen molar-refractivity contribution < 1.29 is 57.2 Å². The van der Waals surface area contributed by atoms with Crippen molar-refractivity contribution in [3.05, 3.63) is 48.6 Å². The third-order valence-electron chi connectivity index (χ3n) is 18.5. The number of nitrogens with zero attached hydrogens (tertiary/aromatic N) is 2. The number of hydrogen-bond donors (Lipinski definition) is 0. The number of allylic oxidation sites excluding steroid dienone is 4. The third kappa shape index (κ3) is 70.7. The van der Waals surface area contributed by atoms with E-state index in [0.29, 0.717) is 51.7 Å². The quantitative estimate of drug-likeness (QED) is 0.0244. The van der Waals surface area contributed by atoms with Crippen molar-refractivity contribution in [3.63, 3.8) is 0 Å². The van der Waals surface area contributed by atoms with Gasteiger partial charge in [0.2, 0.25) is 0 Å². The highest BCUT2D eigenvalue weighted by Gasteiger charge is 2.20. The number of unbranched alkanes of at least 4 members (excludes halogenated alkanes) is 32. The molecule has 100 heavy (non-hydrogen) atoms. The minimum atomic E-state index is -0.335. The summed E-state index contributed by atoms with van der Waals surface area (Å²) in [5.41, 5.74) is 0. The first-order valence-electron chi connectivity index (χ1n) is 41.7. The van der Waals surface area contributed by atoms with E-state index in [1.54, 1.807) is 0 Å². The van der Waals surface area contributed by atoms with Crippen LogP contribution in [0.2, 0.25) is 0 Å². The van der Waals surface area contributed by atoms with Crippen molar-refractivity contribution in [1.29, 1.82) is 0 Å². The first-order valence-corrected chi connectivity index (χ1v) is 41.7.